The second-order valence-electron chi connectivity index (χ2n) is 9.33. The van der Waals surface area contributed by atoms with Crippen molar-refractivity contribution in [2.24, 2.45) is 0 Å². The Balaban J connectivity index is 1.15. The van der Waals surface area contributed by atoms with Crippen LogP contribution in [-0.4, -0.2) is 62.2 Å². The molecule has 0 N–H and O–H groups in total. The van der Waals surface area contributed by atoms with Crippen LogP contribution in [-0.2, 0) is 11.2 Å². The average Bonchev–Trinajstić information content (AvgIpc) is 3.59. The summed E-state index contributed by atoms with van der Waals surface area (Å²) < 4.78 is 0. The summed E-state index contributed by atoms with van der Waals surface area (Å²) in [6.45, 7) is 4.50. The summed E-state index contributed by atoms with van der Waals surface area (Å²) in [7, 11) is 0. The van der Waals surface area contributed by atoms with E-state index in [0.717, 1.165) is 33.5 Å². The Morgan fingerprint density at radius 3 is 2.79 bits per heavy atom. The van der Waals surface area contributed by atoms with E-state index < -0.39 is 0 Å². The number of amides is 1. The standard InChI is InChI=1S/C28H29N7O2S/c1-2-21-17-22-27(29-19-30-28(22)38-21)34-15-14-33(18-25(34)20-9-4-3-5-10-20)26(36)13-8-16-37-35-24-12-7-6-11-23(24)31-32-35/h3-7,9-12,17,19,25H,2,8,13-16,18H2,1H3. The van der Waals surface area contributed by atoms with Gasteiger partial charge in [0.05, 0.1) is 11.4 Å². The molecule has 1 atom stereocenters. The van der Waals surface area contributed by atoms with Crippen molar-refractivity contribution in [2.75, 3.05) is 31.1 Å². The van der Waals surface area contributed by atoms with Crippen molar-refractivity contribution in [3.63, 3.8) is 0 Å². The summed E-state index contributed by atoms with van der Waals surface area (Å²) >= 11 is 1.72. The van der Waals surface area contributed by atoms with Crippen LogP contribution in [0.25, 0.3) is 21.3 Å². The molecule has 1 unspecified atom stereocenters. The molecule has 1 amide bonds. The van der Waals surface area contributed by atoms with E-state index in [1.807, 2.05) is 35.2 Å². The summed E-state index contributed by atoms with van der Waals surface area (Å²) in [6, 6.07) is 20.2. The van der Waals surface area contributed by atoms with Crippen LogP contribution in [0, 0.1) is 0 Å². The van der Waals surface area contributed by atoms with E-state index in [1.54, 1.807) is 17.7 Å². The van der Waals surface area contributed by atoms with Crippen molar-refractivity contribution in [3.8, 4) is 0 Å². The first-order valence-electron chi connectivity index (χ1n) is 13.0. The van der Waals surface area contributed by atoms with Crippen molar-refractivity contribution in [3.05, 3.63) is 77.4 Å². The number of thiophene rings is 1. The van der Waals surface area contributed by atoms with Gasteiger partial charge in [-0.05, 0) is 41.8 Å². The molecule has 6 rings (SSSR count). The van der Waals surface area contributed by atoms with Crippen molar-refractivity contribution in [1.29, 1.82) is 0 Å². The number of hydrogen-bond acceptors (Lipinski definition) is 8. The monoisotopic (exact) mass is 527 g/mol. The quantitative estimate of drug-likeness (QED) is 0.278. The molecular formula is C28H29N7O2S. The molecule has 1 aliphatic heterocycles. The number of rotatable bonds is 8. The molecule has 2 aromatic carbocycles. The number of anilines is 1. The van der Waals surface area contributed by atoms with Crippen LogP contribution >= 0.6 is 11.3 Å². The lowest BCUT2D eigenvalue weighted by atomic mass is 10.0. The molecule has 0 aliphatic carbocycles. The summed E-state index contributed by atoms with van der Waals surface area (Å²) in [4.78, 5) is 36.3. The van der Waals surface area contributed by atoms with Gasteiger partial charge in [-0.1, -0.05) is 54.2 Å². The number of hydrogen-bond donors (Lipinski definition) is 0. The van der Waals surface area contributed by atoms with Gasteiger partial charge in [0.25, 0.3) is 0 Å². The van der Waals surface area contributed by atoms with Gasteiger partial charge in [-0.15, -0.1) is 16.4 Å². The highest BCUT2D eigenvalue weighted by atomic mass is 32.1. The van der Waals surface area contributed by atoms with Gasteiger partial charge in [0.2, 0.25) is 5.91 Å². The number of para-hydroxylation sites is 1. The first kappa shape index (κ1) is 24.3. The molecule has 0 saturated carbocycles. The highest BCUT2D eigenvalue weighted by molar-refractivity contribution is 7.18. The van der Waals surface area contributed by atoms with Crippen molar-refractivity contribution >= 4 is 44.3 Å². The van der Waals surface area contributed by atoms with E-state index in [0.29, 0.717) is 39.1 Å². The van der Waals surface area contributed by atoms with E-state index in [1.165, 1.54) is 15.3 Å². The lowest BCUT2D eigenvalue weighted by molar-refractivity contribution is -0.132. The zero-order chi connectivity index (χ0) is 25.9. The fourth-order valence-electron chi connectivity index (χ4n) is 4.99. The molecule has 3 aromatic heterocycles. The minimum absolute atomic E-state index is 0.00902. The van der Waals surface area contributed by atoms with Crippen LogP contribution in [0.15, 0.2) is 67.0 Å². The van der Waals surface area contributed by atoms with E-state index in [4.69, 9.17) is 9.82 Å². The zero-order valence-electron chi connectivity index (χ0n) is 21.2. The number of nitrogens with zero attached hydrogens (tertiary/aromatic N) is 7. The molecule has 9 nitrogen and oxygen atoms in total. The van der Waals surface area contributed by atoms with Crippen molar-refractivity contribution in [2.45, 2.75) is 32.2 Å². The van der Waals surface area contributed by atoms with E-state index >= 15 is 0 Å². The minimum atomic E-state index is 0.00902. The number of aromatic nitrogens is 5. The molecular weight excluding hydrogens is 498 g/mol. The number of fused-ring (bicyclic) bond motifs is 2. The van der Waals surface area contributed by atoms with Crippen LogP contribution in [0.5, 0.6) is 0 Å². The molecule has 0 radical (unpaired) electrons. The molecule has 0 spiro atoms. The lowest BCUT2D eigenvalue weighted by Gasteiger charge is -2.42. The van der Waals surface area contributed by atoms with Gasteiger partial charge in [0, 0.05) is 30.9 Å². The number of piperazine rings is 1. The van der Waals surface area contributed by atoms with Crippen LogP contribution in [0.3, 0.4) is 0 Å². The third-order valence-corrected chi connectivity index (χ3v) is 8.15. The Bertz CT molecular complexity index is 1550. The fourth-order valence-corrected chi connectivity index (χ4v) is 5.92. The van der Waals surface area contributed by atoms with Crippen molar-refractivity contribution in [1.82, 2.24) is 30.0 Å². The van der Waals surface area contributed by atoms with Crippen LogP contribution in [0.1, 0.15) is 36.2 Å². The highest BCUT2D eigenvalue weighted by Crippen LogP contribution is 2.36. The average molecular weight is 528 g/mol. The van der Waals surface area contributed by atoms with Gasteiger partial charge in [0.1, 0.15) is 34.6 Å². The topological polar surface area (TPSA) is 89.3 Å². The number of benzene rings is 2. The molecule has 0 bridgehead atoms. The Labute approximate surface area is 224 Å². The second kappa shape index (κ2) is 10.7. The maximum Gasteiger partial charge on any atom is 0.222 e. The minimum Gasteiger partial charge on any atom is -0.395 e. The maximum atomic E-state index is 13.2. The molecule has 38 heavy (non-hydrogen) atoms. The second-order valence-corrected chi connectivity index (χ2v) is 10.4. The molecule has 194 valence electrons. The molecule has 1 saturated heterocycles. The predicted octanol–water partition coefficient (Wildman–Crippen LogP) is 4.30. The fraction of sp³-hybridized carbons (Fsp3) is 0.321. The first-order valence-corrected chi connectivity index (χ1v) is 13.8. The summed E-state index contributed by atoms with van der Waals surface area (Å²) in [5, 5.41) is 9.24. The molecule has 1 fully saturated rings. The summed E-state index contributed by atoms with van der Waals surface area (Å²) in [5.41, 5.74) is 2.77. The molecule has 5 aromatic rings. The summed E-state index contributed by atoms with van der Waals surface area (Å²) in [6.07, 6.45) is 3.65. The van der Waals surface area contributed by atoms with E-state index in [-0.39, 0.29) is 11.9 Å². The Hall–Kier alpha value is -4.05. The summed E-state index contributed by atoms with van der Waals surface area (Å²) in [5.74, 6) is 1.08. The van der Waals surface area contributed by atoms with E-state index in [2.05, 4.69) is 57.5 Å². The third-order valence-electron chi connectivity index (χ3n) is 6.97. The molecule has 10 heteroatoms. The van der Waals surface area contributed by atoms with Crippen LogP contribution < -0.4 is 9.74 Å². The smallest absolute Gasteiger partial charge is 0.222 e. The number of carbonyl (C=O) groups is 1. The number of aryl methyl sites for hydroxylation is 1. The molecule has 4 heterocycles. The van der Waals surface area contributed by atoms with Gasteiger partial charge in [-0.2, -0.15) is 0 Å². The zero-order valence-corrected chi connectivity index (χ0v) is 22.0. The first-order chi connectivity index (χ1) is 18.7. The lowest BCUT2D eigenvalue weighted by Crippen LogP contribution is -2.51. The highest BCUT2D eigenvalue weighted by Gasteiger charge is 2.32. The van der Waals surface area contributed by atoms with Gasteiger partial charge in [-0.25, -0.2) is 9.97 Å². The van der Waals surface area contributed by atoms with Gasteiger partial charge in [0.15, 0.2) is 0 Å². The third kappa shape index (κ3) is 4.79. The van der Waals surface area contributed by atoms with Crippen molar-refractivity contribution < 1.29 is 9.63 Å². The van der Waals surface area contributed by atoms with E-state index in [9.17, 15) is 4.79 Å². The van der Waals surface area contributed by atoms with Gasteiger partial charge in [-0.3, -0.25) is 4.79 Å². The predicted molar refractivity (Wildman–Crippen MR) is 148 cm³/mol. The normalized spacial score (nSPS) is 15.9. The van der Waals surface area contributed by atoms with Crippen LogP contribution in [0.2, 0.25) is 0 Å². The number of carbonyl (C=O) groups excluding carboxylic acids is 1. The Morgan fingerprint density at radius 2 is 1.92 bits per heavy atom. The Kier molecular flexibility index (Phi) is 6.87. The van der Waals surface area contributed by atoms with Crippen LogP contribution in [0.4, 0.5) is 5.82 Å². The molecule has 1 aliphatic rings. The SMILES string of the molecule is CCc1cc2c(N3CCN(C(=O)CCCOn4nnc5ccccc54)CC3c3ccccc3)ncnc2s1. The van der Waals surface area contributed by atoms with Gasteiger partial charge < -0.3 is 14.6 Å². The maximum absolute atomic E-state index is 13.2. The Morgan fingerprint density at radius 1 is 1.08 bits per heavy atom. The van der Waals surface area contributed by atoms with Gasteiger partial charge >= 0.3 is 0 Å². The largest absolute Gasteiger partial charge is 0.395 e.